The molecule has 80 valence electrons. The van der Waals surface area contributed by atoms with E-state index in [1.807, 2.05) is 6.08 Å². The largest absolute Gasteiger partial charge is 0.356 e. The van der Waals surface area contributed by atoms with Crippen LogP contribution in [0.1, 0.15) is 39.0 Å². The minimum Gasteiger partial charge on any atom is -0.356 e. The van der Waals surface area contributed by atoms with Crippen molar-refractivity contribution in [1.82, 2.24) is 5.32 Å². The lowest BCUT2D eigenvalue weighted by molar-refractivity contribution is -0.116. The molecule has 0 aliphatic carbocycles. The van der Waals surface area contributed by atoms with Crippen molar-refractivity contribution in [1.29, 1.82) is 0 Å². The maximum absolute atomic E-state index is 10.8. The highest BCUT2D eigenvalue weighted by Crippen LogP contribution is 2.02. The van der Waals surface area contributed by atoms with Crippen LogP contribution >= 0.6 is 0 Å². The molecule has 0 bridgehead atoms. The van der Waals surface area contributed by atoms with E-state index in [0.717, 1.165) is 6.42 Å². The molecule has 0 aromatic carbocycles. The quantitative estimate of drug-likeness (QED) is 0.378. The molecular formula is C12H21NO. The lowest BCUT2D eigenvalue weighted by Gasteiger charge is -1.93. The number of hydrogen-bond acceptors (Lipinski definition) is 1. The minimum atomic E-state index is -0.0550. The van der Waals surface area contributed by atoms with Crippen LogP contribution in [0.3, 0.4) is 0 Å². The van der Waals surface area contributed by atoms with E-state index in [-0.39, 0.29) is 5.91 Å². The summed E-state index contributed by atoms with van der Waals surface area (Å²) in [7, 11) is 1.63. The Balaban J connectivity index is 3.35. The van der Waals surface area contributed by atoms with Crippen molar-refractivity contribution in [3.63, 3.8) is 0 Å². The van der Waals surface area contributed by atoms with E-state index in [0.29, 0.717) is 0 Å². The number of carbonyl (C=O) groups excluding carboxylic acids is 1. The summed E-state index contributed by atoms with van der Waals surface area (Å²) in [4.78, 5) is 10.8. The first kappa shape index (κ1) is 12.9. The highest BCUT2D eigenvalue weighted by molar-refractivity contribution is 5.87. The summed E-state index contributed by atoms with van der Waals surface area (Å²) in [6.07, 6.45) is 13.6. The molecule has 2 heteroatoms. The molecule has 0 fully saturated rings. The Morgan fingerprint density at radius 1 is 1.21 bits per heavy atom. The summed E-state index contributed by atoms with van der Waals surface area (Å²) < 4.78 is 0. The molecular weight excluding hydrogens is 174 g/mol. The van der Waals surface area contributed by atoms with Crippen LogP contribution in [0.25, 0.3) is 0 Å². The van der Waals surface area contributed by atoms with Crippen LogP contribution in [0.15, 0.2) is 24.3 Å². The van der Waals surface area contributed by atoms with Gasteiger partial charge in [0, 0.05) is 13.1 Å². The maximum Gasteiger partial charge on any atom is 0.243 e. The average molecular weight is 195 g/mol. The summed E-state index contributed by atoms with van der Waals surface area (Å²) in [5.41, 5.74) is 0. The van der Waals surface area contributed by atoms with E-state index in [4.69, 9.17) is 0 Å². The third-order valence-electron chi connectivity index (χ3n) is 1.97. The van der Waals surface area contributed by atoms with Gasteiger partial charge < -0.3 is 5.32 Å². The van der Waals surface area contributed by atoms with Gasteiger partial charge in [0.15, 0.2) is 0 Å². The summed E-state index contributed by atoms with van der Waals surface area (Å²) in [6, 6.07) is 0. The number of allylic oxidation sites excluding steroid dienone is 3. The third kappa shape index (κ3) is 9.04. The highest BCUT2D eigenvalue weighted by atomic mass is 16.1. The first-order valence-corrected chi connectivity index (χ1v) is 5.36. The minimum absolute atomic E-state index is 0.0550. The number of amides is 1. The monoisotopic (exact) mass is 195 g/mol. The molecule has 14 heavy (non-hydrogen) atoms. The standard InChI is InChI=1S/C12H21NO/c1-3-4-5-6-7-8-9-10-11-12(14)13-2/h8-11H,3-7H2,1-2H3,(H,13,14)/b9-8+,11-10+. The van der Waals surface area contributed by atoms with Crippen molar-refractivity contribution in [3.05, 3.63) is 24.3 Å². The van der Waals surface area contributed by atoms with Gasteiger partial charge in [0.05, 0.1) is 0 Å². The van der Waals surface area contributed by atoms with E-state index < -0.39 is 0 Å². The van der Waals surface area contributed by atoms with Gasteiger partial charge in [-0.1, -0.05) is 44.4 Å². The molecule has 0 saturated heterocycles. The second-order valence-corrected chi connectivity index (χ2v) is 3.25. The molecule has 0 aliphatic heterocycles. The number of nitrogens with one attached hydrogen (secondary N) is 1. The van der Waals surface area contributed by atoms with Crippen LogP contribution in [0.4, 0.5) is 0 Å². The molecule has 0 aromatic rings. The molecule has 0 heterocycles. The number of rotatable bonds is 7. The second-order valence-electron chi connectivity index (χ2n) is 3.25. The van der Waals surface area contributed by atoms with E-state index >= 15 is 0 Å². The van der Waals surface area contributed by atoms with Gasteiger partial charge in [-0.15, -0.1) is 0 Å². The average Bonchev–Trinajstić information content (AvgIpc) is 2.21. The fraction of sp³-hybridized carbons (Fsp3) is 0.583. The van der Waals surface area contributed by atoms with Gasteiger partial charge in [0.2, 0.25) is 5.91 Å². The molecule has 1 N–H and O–H groups in total. The van der Waals surface area contributed by atoms with Crippen molar-refractivity contribution < 1.29 is 4.79 Å². The smallest absolute Gasteiger partial charge is 0.243 e. The van der Waals surface area contributed by atoms with Gasteiger partial charge in [0.1, 0.15) is 0 Å². The molecule has 0 spiro atoms. The normalized spacial score (nSPS) is 11.3. The van der Waals surface area contributed by atoms with Crippen molar-refractivity contribution in [2.45, 2.75) is 39.0 Å². The van der Waals surface area contributed by atoms with E-state index in [1.54, 1.807) is 13.1 Å². The molecule has 2 nitrogen and oxygen atoms in total. The topological polar surface area (TPSA) is 29.1 Å². The fourth-order valence-corrected chi connectivity index (χ4v) is 1.09. The van der Waals surface area contributed by atoms with Crippen molar-refractivity contribution in [3.8, 4) is 0 Å². The van der Waals surface area contributed by atoms with Crippen LogP contribution in [0, 0.1) is 0 Å². The molecule has 0 aliphatic rings. The van der Waals surface area contributed by atoms with Crippen molar-refractivity contribution in [2.24, 2.45) is 0 Å². The molecule has 0 radical (unpaired) electrons. The van der Waals surface area contributed by atoms with Crippen LogP contribution < -0.4 is 5.32 Å². The molecule has 1 amide bonds. The first-order chi connectivity index (χ1) is 6.81. The summed E-state index contributed by atoms with van der Waals surface area (Å²) in [5.74, 6) is -0.0550. The molecule has 0 rings (SSSR count). The Morgan fingerprint density at radius 2 is 2.00 bits per heavy atom. The zero-order valence-electron chi connectivity index (χ0n) is 9.25. The SMILES string of the molecule is CCCCCC/C=C/C=C/C(=O)NC. The van der Waals surface area contributed by atoms with Crippen LogP contribution in [-0.2, 0) is 4.79 Å². The third-order valence-corrected chi connectivity index (χ3v) is 1.97. The van der Waals surface area contributed by atoms with E-state index in [2.05, 4.69) is 18.3 Å². The lowest BCUT2D eigenvalue weighted by Crippen LogP contribution is -2.13. The lowest BCUT2D eigenvalue weighted by atomic mass is 10.1. The molecule has 0 atom stereocenters. The van der Waals surface area contributed by atoms with Gasteiger partial charge in [-0.05, 0) is 12.8 Å². The summed E-state index contributed by atoms with van der Waals surface area (Å²) >= 11 is 0. The summed E-state index contributed by atoms with van der Waals surface area (Å²) in [5, 5.41) is 2.52. The van der Waals surface area contributed by atoms with Crippen LogP contribution in [-0.4, -0.2) is 13.0 Å². The van der Waals surface area contributed by atoms with E-state index in [9.17, 15) is 4.79 Å². The highest BCUT2D eigenvalue weighted by Gasteiger charge is 1.85. The van der Waals surface area contributed by atoms with E-state index in [1.165, 1.54) is 31.8 Å². The maximum atomic E-state index is 10.8. The Hall–Kier alpha value is -1.05. The van der Waals surface area contributed by atoms with Gasteiger partial charge in [-0.3, -0.25) is 4.79 Å². The van der Waals surface area contributed by atoms with Crippen LogP contribution in [0.2, 0.25) is 0 Å². The number of hydrogen-bond donors (Lipinski definition) is 1. The fourth-order valence-electron chi connectivity index (χ4n) is 1.09. The molecule has 0 saturated carbocycles. The number of likely N-dealkylation sites (N-methyl/N-ethyl adjacent to an activating group) is 1. The summed E-state index contributed by atoms with van der Waals surface area (Å²) in [6.45, 7) is 2.21. The number of carbonyl (C=O) groups is 1. The Morgan fingerprint density at radius 3 is 2.64 bits per heavy atom. The first-order valence-electron chi connectivity index (χ1n) is 5.36. The second kappa shape index (κ2) is 10.0. The Bertz CT molecular complexity index is 194. The van der Waals surface area contributed by atoms with Crippen LogP contribution in [0.5, 0.6) is 0 Å². The van der Waals surface area contributed by atoms with Crippen molar-refractivity contribution in [2.75, 3.05) is 7.05 Å². The van der Waals surface area contributed by atoms with Crippen molar-refractivity contribution >= 4 is 5.91 Å². The Labute approximate surface area is 87.1 Å². The van der Waals surface area contributed by atoms with Gasteiger partial charge in [-0.25, -0.2) is 0 Å². The zero-order chi connectivity index (χ0) is 10.6. The zero-order valence-corrected chi connectivity index (χ0v) is 9.25. The predicted octanol–water partition coefficient (Wildman–Crippen LogP) is 2.82. The van der Waals surface area contributed by atoms with Gasteiger partial charge in [0.25, 0.3) is 0 Å². The molecule has 0 aromatic heterocycles. The number of unbranched alkanes of at least 4 members (excludes halogenated alkanes) is 4. The van der Waals surface area contributed by atoms with Gasteiger partial charge >= 0.3 is 0 Å². The van der Waals surface area contributed by atoms with Gasteiger partial charge in [-0.2, -0.15) is 0 Å². The Kier molecular flexibility index (Phi) is 9.28. The predicted molar refractivity (Wildman–Crippen MR) is 61.1 cm³/mol. The molecule has 0 unspecified atom stereocenters.